The first-order chi connectivity index (χ1) is 6.25. The lowest BCUT2D eigenvalue weighted by molar-refractivity contribution is 0.205. The largest absolute Gasteiger partial charge is 0.300 e. The van der Waals surface area contributed by atoms with Gasteiger partial charge in [0, 0.05) is 12.5 Å². The van der Waals surface area contributed by atoms with E-state index >= 15 is 0 Å². The second kappa shape index (κ2) is 5.24. The van der Waals surface area contributed by atoms with E-state index in [4.69, 9.17) is 5.26 Å². The highest BCUT2D eigenvalue weighted by Crippen LogP contribution is 2.23. The predicted octanol–water partition coefficient (Wildman–Crippen LogP) is 2.41. The summed E-state index contributed by atoms with van der Waals surface area (Å²) in [5.41, 5.74) is 0. The number of nitrogens with zero attached hydrogens (tertiary/aromatic N) is 2. The van der Waals surface area contributed by atoms with Gasteiger partial charge in [0.2, 0.25) is 0 Å². The highest BCUT2D eigenvalue weighted by molar-refractivity contribution is 4.82. The van der Waals surface area contributed by atoms with Gasteiger partial charge in [0.05, 0.1) is 6.07 Å². The molecule has 0 radical (unpaired) electrons. The molecule has 0 N–H and O–H groups in total. The van der Waals surface area contributed by atoms with Crippen LogP contribution >= 0.6 is 0 Å². The summed E-state index contributed by atoms with van der Waals surface area (Å²) in [4.78, 5) is 2.56. The Morgan fingerprint density at radius 3 is 2.92 bits per heavy atom. The van der Waals surface area contributed by atoms with Crippen LogP contribution in [0, 0.1) is 17.2 Å². The molecule has 74 valence electrons. The lowest BCUT2D eigenvalue weighted by Crippen LogP contribution is -2.34. The maximum atomic E-state index is 8.45. The van der Waals surface area contributed by atoms with Gasteiger partial charge < -0.3 is 4.90 Å². The van der Waals surface area contributed by atoms with Gasteiger partial charge in [-0.25, -0.2) is 0 Å². The maximum absolute atomic E-state index is 8.45. The summed E-state index contributed by atoms with van der Waals surface area (Å²) in [6, 6.07) is 2.99. The van der Waals surface area contributed by atoms with Crippen molar-refractivity contribution in [1.29, 1.82) is 5.26 Å². The molecule has 0 bridgehead atoms. The van der Waals surface area contributed by atoms with E-state index in [0.29, 0.717) is 6.42 Å². The molecule has 1 aliphatic heterocycles. The van der Waals surface area contributed by atoms with Crippen LogP contribution in [0.4, 0.5) is 0 Å². The van der Waals surface area contributed by atoms with E-state index in [1.165, 1.54) is 19.4 Å². The first-order valence-electron chi connectivity index (χ1n) is 5.36. The molecule has 1 unspecified atom stereocenters. The van der Waals surface area contributed by atoms with Crippen LogP contribution in [0.15, 0.2) is 0 Å². The van der Waals surface area contributed by atoms with Crippen molar-refractivity contribution in [3.63, 3.8) is 0 Å². The Bertz CT molecular complexity index is 181. The van der Waals surface area contributed by atoms with Crippen LogP contribution < -0.4 is 0 Å². The molecule has 0 amide bonds. The Labute approximate surface area is 81.5 Å². The molecule has 13 heavy (non-hydrogen) atoms. The summed E-state index contributed by atoms with van der Waals surface area (Å²) < 4.78 is 0. The number of unbranched alkanes of at least 4 members (excludes halogenated alkanes) is 1. The number of hydrogen-bond donors (Lipinski definition) is 0. The molecule has 1 heterocycles. The minimum atomic E-state index is 0.710. The third-order valence-electron chi connectivity index (χ3n) is 2.92. The maximum Gasteiger partial charge on any atom is 0.0622 e. The van der Waals surface area contributed by atoms with E-state index in [0.717, 1.165) is 24.9 Å². The molecule has 0 aromatic carbocycles. The van der Waals surface area contributed by atoms with Gasteiger partial charge in [-0.3, -0.25) is 0 Å². The number of rotatable bonds is 4. The average molecular weight is 180 g/mol. The van der Waals surface area contributed by atoms with Crippen molar-refractivity contribution in [3.05, 3.63) is 0 Å². The fraction of sp³-hybridized carbons (Fsp3) is 0.909. The predicted molar refractivity (Wildman–Crippen MR) is 54.3 cm³/mol. The average Bonchev–Trinajstić information content (AvgIpc) is 2.53. The third kappa shape index (κ3) is 3.00. The molecular weight excluding hydrogens is 160 g/mol. The van der Waals surface area contributed by atoms with E-state index in [1.54, 1.807) is 0 Å². The highest BCUT2D eigenvalue weighted by atomic mass is 15.2. The van der Waals surface area contributed by atoms with E-state index in [2.05, 4.69) is 24.8 Å². The molecule has 0 saturated carbocycles. The van der Waals surface area contributed by atoms with Gasteiger partial charge in [-0.1, -0.05) is 13.8 Å². The minimum Gasteiger partial charge on any atom is -0.300 e. The van der Waals surface area contributed by atoms with Gasteiger partial charge in [0.1, 0.15) is 0 Å². The van der Waals surface area contributed by atoms with E-state index < -0.39 is 0 Å². The van der Waals surface area contributed by atoms with Crippen molar-refractivity contribution in [1.82, 2.24) is 4.90 Å². The van der Waals surface area contributed by atoms with E-state index in [1.807, 2.05) is 0 Å². The Kier molecular flexibility index (Phi) is 4.24. The van der Waals surface area contributed by atoms with Crippen molar-refractivity contribution in [2.45, 2.75) is 45.6 Å². The molecule has 2 heteroatoms. The Morgan fingerprint density at radius 1 is 1.54 bits per heavy atom. The van der Waals surface area contributed by atoms with Crippen LogP contribution in [0.2, 0.25) is 0 Å². The number of likely N-dealkylation sites (tertiary alicyclic amines) is 1. The van der Waals surface area contributed by atoms with Crippen LogP contribution in [-0.2, 0) is 0 Å². The monoisotopic (exact) mass is 180 g/mol. The summed E-state index contributed by atoms with van der Waals surface area (Å²) >= 11 is 0. The lowest BCUT2D eigenvalue weighted by Gasteiger charge is -2.27. The first-order valence-corrected chi connectivity index (χ1v) is 5.36. The van der Waals surface area contributed by atoms with Crippen LogP contribution in [0.25, 0.3) is 0 Å². The van der Waals surface area contributed by atoms with Crippen molar-refractivity contribution in [2.75, 3.05) is 13.1 Å². The molecule has 1 rings (SSSR count). The molecule has 0 aliphatic carbocycles. The summed E-state index contributed by atoms with van der Waals surface area (Å²) in [6.45, 7) is 6.96. The van der Waals surface area contributed by atoms with Crippen LogP contribution in [0.3, 0.4) is 0 Å². The molecule has 2 nitrogen and oxygen atoms in total. The molecule has 1 fully saturated rings. The molecule has 0 spiro atoms. The van der Waals surface area contributed by atoms with Crippen molar-refractivity contribution in [3.8, 4) is 6.07 Å². The molecule has 1 atom stereocenters. The van der Waals surface area contributed by atoms with Crippen LogP contribution in [-0.4, -0.2) is 24.0 Å². The molecule has 1 saturated heterocycles. The van der Waals surface area contributed by atoms with Crippen LogP contribution in [0.1, 0.15) is 39.5 Å². The van der Waals surface area contributed by atoms with Crippen molar-refractivity contribution >= 4 is 0 Å². The smallest absolute Gasteiger partial charge is 0.0622 e. The van der Waals surface area contributed by atoms with Gasteiger partial charge in [-0.05, 0) is 38.3 Å². The van der Waals surface area contributed by atoms with Gasteiger partial charge >= 0.3 is 0 Å². The fourth-order valence-corrected chi connectivity index (χ4v) is 2.25. The minimum absolute atomic E-state index is 0.710. The third-order valence-corrected chi connectivity index (χ3v) is 2.92. The Balaban J connectivity index is 2.28. The SMILES string of the molecule is CC(C)C1CCCN1CCCC#N. The molecule has 0 aromatic rings. The van der Waals surface area contributed by atoms with Crippen molar-refractivity contribution in [2.24, 2.45) is 5.92 Å². The summed E-state index contributed by atoms with van der Waals surface area (Å²) in [7, 11) is 0. The van der Waals surface area contributed by atoms with Crippen LogP contribution in [0.5, 0.6) is 0 Å². The zero-order chi connectivity index (χ0) is 9.68. The highest BCUT2D eigenvalue weighted by Gasteiger charge is 2.25. The van der Waals surface area contributed by atoms with Crippen molar-refractivity contribution < 1.29 is 0 Å². The Hall–Kier alpha value is -0.550. The summed E-state index contributed by atoms with van der Waals surface area (Å²) in [5, 5.41) is 8.45. The van der Waals surface area contributed by atoms with Gasteiger partial charge in [-0.2, -0.15) is 5.26 Å². The van der Waals surface area contributed by atoms with Gasteiger partial charge in [-0.15, -0.1) is 0 Å². The molecular formula is C11H20N2. The molecule has 0 aromatic heterocycles. The lowest BCUT2D eigenvalue weighted by atomic mass is 10.0. The quantitative estimate of drug-likeness (QED) is 0.621. The fourth-order valence-electron chi connectivity index (χ4n) is 2.25. The first kappa shape index (κ1) is 10.5. The summed E-state index contributed by atoms with van der Waals surface area (Å²) in [5.74, 6) is 0.768. The second-order valence-corrected chi connectivity index (χ2v) is 4.25. The molecule has 1 aliphatic rings. The number of nitriles is 1. The van der Waals surface area contributed by atoms with E-state index in [9.17, 15) is 0 Å². The van der Waals surface area contributed by atoms with Gasteiger partial charge in [0.15, 0.2) is 0 Å². The van der Waals surface area contributed by atoms with E-state index in [-0.39, 0.29) is 0 Å². The zero-order valence-electron chi connectivity index (χ0n) is 8.79. The second-order valence-electron chi connectivity index (χ2n) is 4.25. The number of hydrogen-bond acceptors (Lipinski definition) is 2. The topological polar surface area (TPSA) is 27.0 Å². The standard InChI is InChI=1S/C11H20N2/c1-10(2)11-6-5-9-13(11)8-4-3-7-12/h10-11H,3-6,8-9H2,1-2H3. The van der Waals surface area contributed by atoms with Gasteiger partial charge in [0.25, 0.3) is 0 Å². The Morgan fingerprint density at radius 2 is 2.31 bits per heavy atom. The summed E-state index contributed by atoms with van der Waals surface area (Å²) in [6.07, 6.45) is 4.45. The normalized spacial score (nSPS) is 23.7. The zero-order valence-corrected chi connectivity index (χ0v) is 8.79.